The minimum absolute atomic E-state index is 0.0330. The topological polar surface area (TPSA) is 220 Å². The average molecular weight is 1110 g/mol. The molecular weight excluding hydrogens is 1030 g/mol. The molecule has 0 saturated carbocycles. The van der Waals surface area contributed by atoms with Crippen molar-refractivity contribution in [3.63, 3.8) is 0 Å². The average Bonchev–Trinajstić information content (AvgIpc) is 4.11. The van der Waals surface area contributed by atoms with Crippen LogP contribution in [0.4, 0.5) is 17.2 Å². The van der Waals surface area contributed by atoms with E-state index in [1.807, 2.05) is 75.4 Å². The fraction of sp³-hybridized carbons (Fsp3) is 0.532. The van der Waals surface area contributed by atoms with E-state index in [1.165, 1.54) is 4.90 Å². The molecular formula is C62H84N10O7S. The predicted molar refractivity (Wildman–Crippen MR) is 316 cm³/mol. The number of aromatic hydroxyl groups is 1. The fourth-order valence-electron chi connectivity index (χ4n) is 11.2. The second kappa shape index (κ2) is 28.1. The van der Waals surface area contributed by atoms with E-state index in [1.54, 1.807) is 35.6 Å². The van der Waals surface area contributed by atoms with Crippen LogP contribution in [0, 0.1) is 12.3 Å². The smallest absolute Gasteiger partial charge is 0.246 e. The Kier molecular flexibility index (Phi) is 20.8. The van der Waals surface area contributed by atoms with E-state index in [-0.39, 0.29) is 60.3 Å². The number of piperazine rings is 1. The summed E-state index contributed by atoms with van der Waals surface area (Å²) < 4.78 is 6.39. The quantitative estimate of drug-likeness (QED) is 0.0364. The highest BCUT2D eigenvalue weighted by atomic mass is 32.1. The first-order valence-corrected chi connectivity index (χ1v) is 29.9. The van der Waals surface area contributed by atoms with Crippen molar-refractivity contribution in [3.8, 4) is 33.2 Å². The first kappa shape index (κ1) is 59.3. The number of rotatable bonds is 24. The molecule has 0 aliphatic carbocycles. The lowest BCUT2D eigenvalue weighted by molar-refractivity contribution is -0.144. The number of hydrogen-bond donors (Lipinski definition) is 5. The second-order valence-corrected chi connectivity index (χ2v) is 24.0. The van der Waals surface area contributed by atoms with Gasteiger partial charge in [-0.25, -0.2) is 4.98 Å². The van der Waals surface area contributed by atoms with Gasteiger partial charge in [0.2, 0.25) is 23.6 Å². The van der Waals surface area contributed by atoms with Crippen molar-refractivity contribution in [1.82, 2.24) is 35.6 Å². The number of phenolic OH excluding ortho intramolecular Hbond substituents is 1. The number of nitrogen functional groups attached to an aromatic ring is 1. The summed E-state index contributed by atoms with van der Waals surface area (Å²) in [7, 11) is 0. The number of para-hydroxylation sites is 1. The van der Waals surface area contributed by atoms with Gasteiger partial charge >= 0.3 is 0 Å². The Morgan fingerprint density at radius 1 is 0.787 bits per heavy atom. The molecule has 0 bridgehead atoms. The van der Waals surface area contributed by atoms with E-state index in [0.29, 0.717) is 36.4 Å². The van der Waals surface area contributed by atoms with Gasteiger partial charge in [0.25, 0.3) is 0 Å². The van der Waals surface area contributed by atoms with Gasteiger partial charge in [-0.3, -0.25) is 19.2 Å². The van der Waals surface area contributed by atoms with Crippen molar-refractivity contribution in [2.75, 3.05) is 61.3 Å². The molecule has 17 nitrogen and oxygen atoms in total. The van der Waals surface area contributed by atoms with Crippen LogP contribution in [0.3, 0.4) is 0 Å². The minimum atomic E-state index is -0.848. The van der Waals surface area contributed by atoms with Crippen molar-refractivity contribution in [3.05, 3.63) is 95.6 Å². The van der Waals surface area contributed by atoms with Gasteiger partial charge in [0, 0.05) is 81.5 Å². The zero-order chi connectivity index (χ0) is 56.8. The Balaban J connectivity index is 0.656. The second-order valence-electron chi connectivity index (χ2n) is 23.1. The lowest BCUT2D eigenvalue weighted by atomic mass is 9.85. The third kappa shape index (κ3) is 16.0. The van der Waals surface area contributed by atoms with Crippen molar-refractivity contribution >= 4 is 52.2 Å². The Bertz CT molecular complexity index is 2830. The molecule has 3 saturated heterocycles. The predicted octanol–water partition coefficient (Wildman–Crippen LogP) is 9.61. The number of anilines is 3. The van der Waals surface area contributed by atoms with Gasteiger partial charge < -0.3 is 50.9 Å². The molecule has 3 aromatic carbocycles. The van der Waals surface area contributed by atoms with Crippen LogP contribution in [0.15, 0.2) is 84.4 Å². The van der Waals surface area contributed by atoms with Crippen LogP contribution >= 0.6 is 11.3 Å². The maximum absolute atomic E-state index is 14.1. The molecule has 5 heterocycles. The van der Waals surface area contributed by atoms with Gasteiger partial charge in [-0.05, 0) is 92.5 Å². The summed E-state index contributed by atoms with van der Waals surface area (Å²) in [5.41, 5.74) is 13.7. The zero-order valence-electron chi connectivity index (χ0n) is 47.6. The van der Waals surface area contributed by atoms with E-state index in [9.17, 15) is 29.4 Å². The number of benzene rings is 3. The Morgan fingerprint density at radius 3 is 2.06 bits per heavy atom. The number of hydrogen-bond acceptors (Lipinski definition) is 14. The third-order valence-electron chi connectivity index (χ3n) is 16.0. The van der Waals surface area contributed by atoms with Crippen LogP contribution in [0.2, 0.25) is 0 Å². The number of β-amino-alcohol motifs (C(OH)–C–C–N with tert-alkyl or cyclic N) is 1. The molecule has 8 rings (SSSR count). The van der Waals surface area contributed by atoms with Crippen molar-refractivity contribution in [2.45, 2.75) is 161 Å². The summed E-state index contributed by atoms with van der Waals surface area (Å²) >= 11 is 1.59. The number of phenols is 1. The van der Waals surface area contributed by atoms with E-state index in [2.05, 4.69) is 59.9 Å². The van der Waals surface area contributed by atoms with E-state index >= 15 is 0 Å². The van der Waals surface area contributed by atoms with Gasteiger partial charge in [-0.2, -0.15) is 0 Å². The third-order valence-corrected chi connectivity index (χ3v) is 16.9. The highest BCUT2D eigenvalue weighted by Crippen LogP contribution is 2.34. The number of carbonyl (C=O) groups excluding carboxylic acids is 4. The summed E-state index contributed by atoms with van der Waals surface area (Å²) in [5, 5.41) is 35.4. The molecule has 3 fully saturated rings. The number of carbonyl (C=O) groups is 4. The highest BCUT2D eigenvalue weighted by molar-refractivity contribution is 7.13. The molecule has 6 N–H and O–H groups in total. The molecule has 0 spiro atoms. The largest absolute Gasteiger partial charge is 0.507 e. The summed E-state index contributed by atoms with van der Waals surface area (Å²) in [6.45, 7) is 14.3. The van der Waals surface area contributed by atoms with E-state index in [0.717, 1.165) is 143 Å². The number of amides is 4. The van der Waals surface area contributed by atoms with Crippen LogP contribution in [0.25, 0.3) is 21.7 Å². The van der Waals surface area contributed by atoms with Gasteiger partial charge in [0.05, 0.1) is 34.8 Å². The number of aromatic nitrogens is 3. The molecule has 5 atom stereocenters. The molecule has 5 aromatic rings. The molecule has 4 amide bonds. The number of aryl methyl sites for hydroxylation is 1. The van der Waals surface area contributed by atoms with Crippen LogP contribution in [-0.2, 0) is 19.2 Å². The Hall–Kier alpha value is -6.79. The molecule has 0 radical (unpaired) electrons. The lowest BCUT2D eigenvalue weighted by Crippen LogP contribution is -2.57. The number of unbranched alkanes of at least 4 members (excludes halogenated alkanes) is 9. The minimum Gasteiger partial charge on any atom is -0.507 e. The summed E-state index contributed by atoms with van der Waals surface area (Å²) in [4.78, 5) is 67.8. The van der Waals surface area contributed by atoms with Gasteiger partial charge in [-0.1, -0.05) is 109 Å². The normalized spacial score (nSPS) is 18.4. The number of likely N-dealkylation sites (tertiary alicyclic amines) is 1. The standard InChI is InChI=1S/C62H84N10O7S/c1-42(44-24-26-45(27-25-44)57-43(2)64-41-80-57)65-60(77)52-37-48(73)39-72(52)61(78)58(62(3,4)5)66-55(75)22-14-12-10-8-6-7-9-11-13-15-23-56(76)70-35-33-69(34-36-70)46-28-30-47(31-29-46)71-32-18-19-49(40-71)79-54-38-51(67-68-59(54)63)50-20-16-17-21-53(50)74/h16-17,20-21,24-31,38,41-42,48-49,52,58,73-74H,6-15,18-19,22-23,32-37,39-40H2,1-5H3,(H2,63,68)(H,65,77)(H,66,75)/t42?,48-,49?,52+,58?/m1/s1. The van der Waals surface area contributed by atoms with Crippen molar-refractivity contribution in [1.29, 1.82) is 0 Å². The first-order valence-electron chi connectivity index (χ1n) is 29.1. The van der Waals surface area contributed by atoms with Crippen LogP contribution < -0.4 is 30.9 Å². The number of nitrogens with two attached hydrogens (primary N) is 1. The molecule has 2 aromatic heterocycles. The number of thiazole rings is 1. The number of aliphatic hydroxyl groups excluding tert-OH is 1. The zero-order valence-corrected chi connectivity index (χ0v) is 48.4. The van der Waals surface area contributed by atoms with E-state index in [4.69, 9.17) is 10.5 Å². The summed E-state index contributed by atoms with van der Waals surface area (Å²) in [6.07, 6.45) is 12.4. The number of piperidine rings is 1. The summed E-state index contributed by atoms with van der Waals surface area (Å²) in [6, 6.07) is 23.4. The molecule has 3 aliphatic heterocycles. The van der Waals surface area contributed by atoms with Gasteiger partial charge in [0.15, 0.2) is 11.6 Å². The van der Waals surface area contributed by atoms with Crippen LogP contribution in [0.1, 0.15) is 141 Å². The molecule has 3 aliphatic rings. The maximum atomic E-state index is 14.1. The Labute approximate surface area is 476 Å². The van der Waals surface area contributed by atoms with Crippen LogP contribution in [0.5, 0.6) is 11.5 Å². The monoisotopic (exact) mass is 1110 g/mol. The van der Waals surface area contributed by atoms with Gasteiger partial charge in [-0.15, -0.1) is 21.5 Å². The van der Waals surface area contributed by atoms with E-state index < -0.39 is 23.6 Å². The number of ether oxygens (including phenoxy) is 1. The lowest BCUT2D eigenvalue weighted by Gasteiger charge is -2.37. The van der Waals surface area contributed by atoms with Gasteiger partial charge in [0.1, 0.15) is 29.6 Å². The van der Waals surface area contributed by atoms with Crippen molar-refractivity contribution < 1.29 is 34.1 Å². The SMILES string of the molecule is Cc1ncsc1-c1ccc(C(C)NC(=O)[C@@H]2C[C@@H](O)CN2C(=O)C(NC(=O)CCCCCCCCCCCCC(=O)N2CCN(c3ccc(N4CCCC(Oc5cc(-c6ccccc6O)nnc5N)C4)cc3)CC2)C(C)(C)C)cc1. The maximum Gasteiger partial charge on any atom is 0.246 e. The summed E-state index contributed by atoms with van der Waals surface area (Å²) in [5.74, 6) is 0.191. The number of nitrogens with zero attached hydrogens (tertiary/aromatic N) is 7. The number of nitrogens with one attached hydrogen (secondary N) is 2. The number of aliphatic hydroxyl groups is 1. The molecule has 80 heavy (non-hydrogen) atoms. The molecule has 18 heteroatoms. The fourth-order valence-corrected chi connectivity index (χ4v) is 12.0. The molecule has 430 valence electrons. The first-order chi connectivity index (χ1) is 38.5. The highest BCUT2D eigenvalue weighted by Gasteiger charge is 2.45. The molecule has 3 unspecified atom stereocenters. The Morgan fingerprint density at radius 2 is 1.43 bits per heavy atom. The van der Waals surface area contributed by atoms with Crippen molar-refractivity contribution in [2.24, 2.45) is 5.41 Å². The van der Waals surface area contributed by atoms with Crippen LogP contribution in [-0.4, -0.2) is 129 Å².